The molecule has 0 saturated carbocycles. The number of aromatic nitrogens is 1. The number of anilines is 1. The first-order chi connectivity index (χ1) is 12.5. The standard InChI is InChI=1S/C21H23N3OS/c1-4-19(20(25)23-18-10-13(2)8-9-14(18)3)26-21-16(12-22)11-15-6-5-7-17(15)24-21/h8-11,19H,4-7H2,1-3H3,(H,23,25). The van der Waals surface area contributed by atoms with Crippen LogP contribution in [0.2, 0.25) is 0 Å². The Morgan fingerprint density at radius 3 is 2.88 bits per heavy atom. The lowest BCUT2D eigenvalue weighted by Gasteiger charge is -2.17. The lowest BCUT2D eigenvalue weighted by atomic mass is 10.1. The van der Waals surface area contributed by atoms with Gasteiger partial charge in [0.05, 0.1) is 10.8 Å². The number of hydrogen-bond donors (Lipinski definition) is 1. The quantitative estimate of drug-likeness (QED) is 0.788. The Hall–Kier alpha value is -2.32. The molecular weight excluding hydrogens is 342 g/mol. The zero-order valence-corrected chi connectivity index (χ0v) is 16.2. The molecule has 1 aromatic carbocycles. The lowest BCUT2D eigenvalue weighted by molar-refractivity contribution is -0.115. The van der Waals surface area contributed by atoms with Crippen LogP contribution < -0.4 is 5.32 Å². The topological polar surface area (TPSA) is 65.8 Å². The highest BCUT2D eigenvalue weighted by Crippen LogP contribution is 2.32. The van der Waals surface area contributed by atoms with Crippen molar-refractivity contribution in [3.8, 4) is 6.07 Å². The van der Waals surface area contributed by atoms with Crippen LogP contribution in [0.1, 0.15) is 47.7 Å². The minimum absolute atomic E-state index is 0.0441. The first-order valence-corrected chi connectivity index (χ1v) is 9.87. The van der Waals surface area contributed by atoms with Gasteiger partial charge in [0.2, 0.25) is 5.91 Å². The predicted molar refractivity (Wildman–Crippen MR) is 105 cm³/mol. The van der Waals surface area contributed by atoms with Crippen molar-refractivity contribution >= 4 is 23.4 Å². The first-order valence-electron chi connectivity index (χ1n) is 8.99. The second-order valence-electron chi connectivity index (χ2n) is 6.73. The molecule has 1 aliphatic carbocycles. The molecule has 0 radical (unpaired) electrons. The van der Waals surface area contributed by atoms with Crippen molar-refractivity contribution in [2.45, 2.75) is 56.7 Å². The van der Waals surface area contributed by atoms with E-state index in [9.17, 15) is 10.1 Å². The van der Waals surface area contributed by atoms with Gasteiger partial charge in [-0.25, -0.2) is 4.98 Å². The minimum atomic E-state index is -0.283. The number of fused-ring (bicyclic) bond motifs is 1. The number of nitriles is 1. The fourth-order valence-electron chi connectivity index (χ4n) is 3.16. The maximum atomic E-state index is 12.8. The number of aryl methyl sites for hydroxylation is 4. The van der Waals surface area contributed by atoms with Gasteiger partial charge in [-0.1, -0.05) is 30.8 Å². The molecule has 0 aliphatic heterocycles. The largest absolute Gasteiger partial charge is 0.325 e. The molecule has 5 heteroatoms. The van der Waals surface area contributed by atoms with Crippen LogP contribution >= 0.6 is 11.8 Å². The number of pyridine rings is 1. The van der Waals surface area contributed by atoms with Crippen molar-refractivity contribution < 1.29 is 4.79 Å². The molecule has 4 nitrogen and oxygen atoms in total. The van der Waals surface area contributed by atoms with Crippen LogP contribution in [0.25, 0.3) is 0 Å². The molecular formula is C21H23N3OS. The van der Waals surface area contributed by atoms with Crippen molar-refractivity contribution in [2.24, 2.45) is 0 Å². The van der Waals surface area contributed by atoms with Gasteiger partial charge in [-0.3, -0.25) is 4.79 Å². The molecule has 1 aliphatic rings. The van der Waals surface area contributed by atoms with Crippen LogP contribution in [0.4, 0.5) is 5.69 Å². The first kappa shape index (κ1) is 18.5. The van der Waals surface area contributed by atoms with Crippen molar-refractivity contribution in [2.75, 3.05) is 5.32 Å². The highest BCUT2D eigenvalue weighted by atomic mass is 32.2. The van der Waals surface area contributed by atoms with Gasteiger partial charge in [0.25, 0.3) is 0 Å². The number of carbonyl (C=O) groups excluding carboxylic acids is 1. The summed E-state index contributed by atoms with van der Waals surface area (Å²) in [6.45, 7) is 5.98. The van der Waals surface area contributed by atoms with Gasteiger partial charge in [-0.2, -0.15) is 5.26 Å². The van der Waals surface area contributed by atoms with E-state index in [1.807, 2.05) is 45.0 Å². The normalized spacial score (nSPS) is 13.8. The van der Waals surface area contributed by atoms with Gasteiger partial charge in [-0.15, -0.1) is 0 Å². The van der Waals surface area contributed by atoms with Crippen LogP contribution in [-0.4, -0.2) is 16.1 Å². The van der Waals surface area contributed by atoms with Gasteiger partial charge in [0.15, 0.2) is 0 Å². The van der Waals surface area contributed by atoms with E-state index in [4.69, 9.17) is 4.98 Å². The summed E-state index contributed by atoms with van der Waals surface area (Å²) < 4.78 is 0. The fraction of sp³-hybridized carbons (Fsp3) is 0.381. The van der Waals surface area contributed by atoms with Crippen LogP contribution in [0.15, 0.2) is 29.3 Å². The molecule has 2 aromatic rings. The van der Waals surface area contributed by atoms with E-state index in [0.717, 1.165) is 41.8 Å². The SMILES string of the molecule is CCC(Sc1nc2c(cc1C#N)CCC2)C(=O)Nc1cc(C)ccc1C. The molecule has 0 fully saturated rings. The number of nitrogens with zero attached hydrogens (tertiary/aromatic N) is 2. The molecule has 1 N–H and O–H groups in total. The molecule has 0 saturated heterocycles. The molecule has 1 amide bonds. The molecule has 3 rings (SSSR count). The van der Waals surface area contributed by atoms with Gasteiger partial charge < -0.3 is 5.32 Å². The summed E-state index contributed by atoms with van der Waals surface area (Å²) in [5.41, 5.74) is 5.83. The number of carbonyl (C=O) groups is 1. The highest BCUT2D eigenvalue weighted by molar-refractivity contribution is 8.00. The molecule has 1 unspecified atom stereocenters. The van der Waals surface area contributed by atoms with Crippen LogP contribution in [0.3, 0.4) is 0 Å². The third-order valence-corrected chi connectivity index (χ3v) is 6.07. The molecule has 0 spiro atoms. The molecule has 1 atom stereocenters. The lowest BCUT2D eigenvalue weighted by Crippen LogP contribution is -2.25. The summed E-state index contributed by atoms with van der Waals surface area (Å²) in [6, 6.07) is 10.2. The molecule has 134 valence electrons. The van der Waals surface area contributed by atoms with Crippen LogP contribution in [-0.2, 0) is 17.6 Å². The summed E-state index contributed by atoms with van der Waals surface area (Å²) >= 11 is 1.40. The second kappa shape index (κ2) is 7.92. The number of rotatable bonds is 5. The van der Waals surface area contributed by atoms with E-state index in [2.05, 4.69) is 11.4 Å². The fourth-order valence-corrected chi connectivity index (χ4v) is 4.16. The zero-order valence-electron chi connectivity index (χ0n) is 15.4. The van der Waals surface area contributed by atoms with E-state index >= 15 is 0 Å². The smallest absolute Gasteiger partial charge is 0.237 e. The Morgan fingerprint density at radius 1 is 1.35 bits per heavy atom. The molecule has 1 heterocycles. The molecule has 1 aromatic heterocycles. The minimum Gasteiger partial charge on any atom is -0.325 e. The number of benzene rings is 1. The Labute approximate surface area is 159 Å². The van der Waals surface area contributed by atoms with Gasteiger partial charge >= 0.3 is 0 Å². The maximum absolute atomic E-state index is 12.8. The predicted octanol–water partition coefficient (Wildman–Crippen LogP) is 4.57. The van der Waals surface area contributed by atoms with Crippen molar-refractivity contribution in [3.63, 3.8) is 0 Å². The Bertz CT molecular complexity index is 886. The molecule has 26 heavy (non-hydrogen) atoms. The summed E-state index contributed by atoms with van der Waals surface area (Å²) in [6.07, 6.45) is 3.71. The number of hydrogen-bond acceptors (Lipinski definition) is 4. The van der Waals surface area contributed by atoms with Crippen LogP contribution in [0.5, 0.6) is 0 Å². The summed E-state index contributed by atoms with van der Waals surface area (Å²) in [5.74, 6) is -0.0441. The van der Waals surface area contributed by atoms with E-state index in [0.29, 0.717) is 17.0 Å². The van der Waals surface area contributed by atoms with E-state index < -0.39 is 0 Å². The van der Waals surface area contributed by atoms with Gasteiger partial charge in [0.1, 0.15) is 11.1 Å². The number of nitrogens with one attached hydrogen (secondary N) is 1. The van der Waals surface area contributed by atoms with E-state index in [1.54, 1.807) is 0 Å². The maximum Gasteiger partial charge on any atom is 0.237 e. The van der Waals surface area contributed by atoms with E-state index in [-0.39, 0.29) is 11.2 Å². The Morgan fingerprint density at radius 2 is 2.15 bits per heavy atom. The number of amides is 1. The molecule has 0 bridgehead atoms. The Kier molecular flexibility index (Phi) is 5.63. The second-order valence-corrected chi connectivity index (χ2v) is 7.93. The third kappa shape index (κ3) is 3.91. The highest BCUT2D eigenvalue weighted by Gasteiger charge is 2.23. The van der Waals surface area contributed by atoms with Gasteiger partial charge in [0, 0.05) is 11.4 Å². The average Bonchev–Trinajstić information content (AvgIpc) is 3.09. The monoisotopic (exact) mass is 365 g/mol. The summed E-state index contributed by atoms with van der Waals surface area (Å²) in [5, 5.41) is 12.9. The average molecular weight is 366 g/mol. The van der Waals surface area contributed by atoms with Crippen molar-refractivity contribution in [3.05, 3.63) is 52.2 Å². The number of thioether (sulfide) groups is 1. The zero-order chi connectivity index (χ0) is 18.7. The Balaban J connectivity index is 1.80. The van der Waals surface area contributed by atoms with E-state index in [1.165, 1.54) is 17.3 Å². The summed E-state index contributed by atoms with van der Waals surface area (Å²) in [7, 11) is 0. The third-order valence-electron chi connectivity index (χ3n) is 4.70. The van der Waals surface area contributed by atoms with Crippen LogP contribution in [0, 0.1) is 25.2 Å². The van der Waals surface area contributed by atoms with Crippen molar-refractivity contribution in [1.29, 1.82) is 5.26 Å². The van der Waals surface area contributed by atoms with Gasteiger partial charge in [-0.05, 0) is 68.4 Å². The summed E-state index contributed by atoms with van der Waals surface area (Å²) in [4.78, 5) is 17.5. The van der Waals surface area contributed by atoms with Crippen molar-refractivity contribution in [1.82, 2.24) is 4.98 Å².